The number of aromatic nitrogens is 2. The third-order valence-corrected chi connectivity index (χ3v) is 7.45. The normalized spacial score (nSPS) is 11.7. The molecule has 0 saturated carbocycles. The molecule has 2 aromatic heterocycles. The summed E-state index contributed by atoms with van der Waals surface area (Å²) in [6.45, 7) is 11.9. The molecule has 250 valence electrons. The van der Waals surface area contributed by atoms with Gasteiger partial charge in [-0.15, -0.1) is 0 Å². The number of hydrogen-bond acceptors (Lipinski definition) is 9. The molecule has 2 aromatic carbocycles. The van der Waals surface area contributed by atoms with Gasteiger partial charge in [-0.05, 0) is 80.1 Å². The molecule has 4 aromatic rings. The Morgan fingerprint density at radius 2 is 1.15 bits per heavy atom. The Morgan fingerprint density at radius 3 is 1.62 bits per heavy atom. The van der Waals surface area contributed by atoms with Crippen LogP contribution >= 0.6 is 0 Å². The van der Waals surface area contributed by atoms with E-state index in [1.54, 1.807) is 67.8 Å². The van der Waals surface area contributed by atoms with Gasteiger partial charge in [-0.2, -0.15) is 0 Å². The van der Waals surface area contributed by atoms with Crippen LogP contribution in [0.2, 0.25) is 0 Å². The molecule has 0 saturated heterocycles. The molecule has 2 heterocycles. The van der Waals surface area contributed by atoms with Crippen LogP contribution in [0.1, 0.15) is 79.7 Å². The number of carbonyl (C=O) groups excluding carboxylic acids is 2. The Kier molecular flexibility index (Phi) is 15.2. The molecule has 0 spiro atoms. The van der Waals surface area contributed by atoms with Gasteiger partial charge in [0.1, 0.15) is 17.2 Å². The first-order valence-corrected chi connectivity index (χ1v) is 16.0. The first-order valence-electron chi connectivity index (χ1n) is 16.0. The van der Waals surface area contributed by atoms with Crippen molar-refractivity contribution in [1.82, 2.24) is 9.97 Å². The summed E-state index contributed by atoms with van der Waals surface area (Å²) < 4.78 is 26.8. The van der Waals surface area contributed by atoms with Crippen molar-refractivity contribution in [1.29, 1.82) is 0 Å². The number of rotatable bonds is 15. The van der Waals surface area contributed by atoms with Crippen molar-refractivity contribution in [2.45, 2.75) is 60.3 Å². The topological polar surface area (TPSA) is 106 Å². The number of carbonyl (C=O) groups is 2. The molecule has 0 N–H and O–H groups in total. The van der Waals surface area contributed by atoms with Gasteiger partial charge in [0.25, 0.3) is 0 Å². The smallest absolute Gasteiger partial charge is 0.345 e. The van der Waals surface area contributed by atoms with Gasteiger partial charge in [-0.25, -0.2) is 19.6 Å². The molecule has 0 aliphatic heterocycles. The van der Waals surface area contributed by atoms with Gasteiger partial charge in [0.2, 0.25) is 11.8 Å². The molecular weight excluding hydrogens is 596 g/mol. The third-order valence-electron chi connectivity index (χ3n) is 7.45. The summed E-state index contributed by atoms with van der Waals surface area (Å²) in [5.74, 6) is 3.03. The standard InChI is InChI=1S/C20H25NO3.C18H21NO4/c1-4-15(2)6-5-13-23-19-12-9-17(14-21-19)20(22)24-18-10-7-16(3)8-11-18;1-4-13(2)12-22-17-10-5-14(11-19-17)18(20)23-16-8-6-15(21-3)7-9-16/h7-12,14-15H,4-6,13H2,1-3H3;5-11,13H,4,12H2,1-3H3. The minimum absolute atomic E-state index is 0.372. The molecule has 0 fully saturated rings. The number of ether oxygens (including phenoxy) is 5. The van der Waals surface area contributed by atoms with Crippen molar-refractivity contribution in [3.05, 3.63) is 102 Å². The second kappa shape index (κ2) is 19.6. The monoisotopic (exact) mass is 642 g/mol. The lowest BCUT2D eigenvalue weighted by molar-refractivity contribution is 0.0724. The van der Waals surface area contributed by atoms with Gasteiger partial charge in [-0.3, -0.25) is 0 Å². The molecule has 0 radical (unpaired) electrons. The molecule has 0 aliphatic rings. The van der Waals surface area contributed by atoms with Crippen LogP contribution in [0.15, 0.2) is 85.2 Å². The maximum absolute atomic E-state index is 12.1. The van der Waals surface area contributed by atoms with Crippen molar-refractivity contribution in [3.8, 4) is 29.0 Å². The van der Waals surface area contributed by atoms with Crippen molar-refractivity contribution in [2.24, 2.45) is 11.8 Å². The Bertz CT molecular complexity index is 1490. The molecule has 47 heavy (non-hydrogen) atoms. The van der Waals surface area contributed by atoms with Crippen LogP contribution in [0.25, 0.3) is 0 Å². The molecule has 4 rings (SSSR count). The van der Waals surface area contributed by atoms with E-state index >= 15 is 0 Å². The highest BCUT2D eigenvalue weighted by molar-refractivity contribution is 5.91. The van der Waals surface area contributed by atoms with E-state index in [1.165, 1.54) is 18.8 Å². The SMILES string of the molecule is CCC(C)CCCOc1ccc(C(=O)Oc2ccc(C)cc2)cn1.CCC(C)COc1ccc(C(=O)Oc2ccc(OC)cc2)cn1. The predicted molar refractivity (Wildman–Crippen MR) is 182 cm³/mol. The molecular formula is C38H46N2O7. The van der Waals surface area contributed by atoms with Crippen LogP contribution in [0, 0.1) is 18.8 Å². The van der Waals surface area contributed by atoms with E-state index in [-0.39, 0.29) is 0 Å². The maximum atomic E-state index is 12.1. The Hall–Kier alpha value is -4.92. The average molecular weight is 643 g/mol. The van der Waals surface area contributed by atoms with Crippen molar-refractivity contribution in [2.75, 3.05) is 20.3 Å². The zero-order chi connectivity index (χ0) is 34.0. The number of pyridine rings is 2. The van der Waals surface area contributed by atoms with E-state index in [0.29, 0.717) is 59.3 Å². The van der Waals surface area contributed by atoms with Crippen LogP contribution < -0.4 is 23.7 Å². The number of esters is 2. The van der Waals surface area contributed by atoms with E-state index in [0.717, 1.165) is 30.7 Å². The minimum atomic E-state index is -0.462. The van der Waals surface area contributed by atoms with Crippen LogP contribution in [-0.4, -0.2) is 42.2 Å². The number of aryl methyl sites for hydroxylation is 1. The molecule has 9 heteroatoms. The van der Waals surface area contributed by atoms with Crippen LogP contribution in [-0.2, 0) is 0 Å². The Morgan fingerprint density at radius 1 is 0.660 bits per heavy atom. The van der Waals surface area contributed by atoms with Gasteiger partial charge in [0.05, 0.1) is 31.5 Å². The summed E-state index contributed by atoms with van der Waals surface area (Å²) in [6.07, 6.45) is 7.34. The first-order chi connectivity index (χ1) is 22.7. The highest BCUT2D eigenvalue weighted by atomic mass is 16.5. The molecule has 9 nitrogen and oxygen atoms in total. The molecule has 2 unspecified atom stereocenters. The maximum Gasteiger partial charge on any atom is 0.345 e. The third kappa shape index (κ3) is 13.1. The fourth-order valence-electron chi connectivity index (χ4n) is 3.91. The molecule has 0 aliphatic carbocycles. The number of benzene rings is 2. The molecule has 2 atom stereocenters. The first kappa shape index (κ1) is 36.5. The fraction of sp³-hybridized carbons (Fsp3) is 0.368. The molecule has 0 amide bonds. The fourth-order valence-corrected chi connectivity index (χ4v) is 3.91. The zero-order valence-electron chi connectivity index (χ0n) is 28.2. The Balaban J connectivity index is 0.000000256. The summed E-state index contributed by atoms with van der Waals surface area (Å²) in [7, 11) is 1.58. The largest absolute Gasteiger partial charge is 0.497 e. The summed E-state index contributed by atoms with van der Waals surface area (Å²) in [5.41, 5.74) is 1.89. The lowest BCUT2D eigenvalue weighted by Crippen LogP contribution is -2.10. The second-order valence-electron chi connectivity index (χ2n) is 11.4. The van der Waals surface area contributed by atoms with Crippen molar-refractivity contribution < 1.29 is 33.3 Å². The number of nitrogens with zero attached hydrogens (tertiary/aromatic N) is 2. The van der Waals surface area contributed by atoms with Crippen molar-refractivity contribution in [3.63, 3.8) is 0 Å². The van der Waals surface area contributed by atoms with E-state index in [1.807, 2.05) is 19.1 Å². The lowest BCUT2D eigenvalue weighted by atomic mass is 10.0. The van der Waals surface area contributed by atoms with E-state index in [9.17, 15) is 9.59 Å². The van der Waals surface area contributed by atoms with Crippen LogP contribution in [0.5, 0.6) is 29.0 Å². The number of hydrogen-bond donors (Lipinski definition) is 0. The minimum Gasteiger partial charge on any atom is -0.497 e. The average Bonchev–Trinajstić information content (AvgIpc) is 3.11. The summed E-state index contributed by atoms with van der Waals surface area (Å²) in [4.78, 5) is 32.4. The number of methoxy groups -OCH3 is 1. The van der Waals surface area contributed by atoms with E-state index in [2.05, 4.69) is 37.7 Å². The highest BCUT2D eigenvalue weighted by Crippen LogP contribution is 2.19. The van der Waals surface area contributed by atoms with Gasteiger partial charge in [0, 0.05) is 24.5 Å². The molecule has 0 bridgehead atoms. The quantitative estimate of drug-likeness (QED) is 0.0716. The second-order valence-corrected chi connectivity index (χ2v) is 11.4. The van der Waals surface area contributed by atoms with Crippen LogP contribution in [0.4, 0.5) is 0 Å². The summed E-state index contributed by atoms with van der Waals surface area (Å²) in [6, 6.07) is 20.8. The van der Waals surface area contributed by atoms with Gasteiger partial charge >= 0.3 is 11.9 Å². The van der Waals surface area contributed by atoms with Crippen molar-refractivity contribution >= 4 is 11.9 Å². The zero-order valence-corrected chi connectivity index (χ0v) is 28.2. The van der Waals surface area contributed by atoms with E-state index in [4.69, 9.17) is 23.7 Å². The summed E-state index contributed by atoms with van der Waals surface area (Å²) in [5, 5.41) is 0. The van der Waals surface area contributed by atoms with Crippen LogP contribution in [0.3, 0.4) is 0 Å². The van der Waals surface area contributed by atoms with E-state index < -0.39 is 11.9 Å². The summed E-state index contributed by atoms with van der Waals surface area (Å²) >= 11 is 0. The van der Waals surface area contributed by atoms with Gasteiger partial charge in [0.15, 0.2) is 0 Å². The lowest BCUT2D eigenvalue weighted by Gasteiger charge is -2.10. The van der Waals surface area contributed by atoms with Gasteiger partial charge < -0.3 is 23.7 Å². The predicted octanol–water partition coefficient (Wildman–Crippen LogP) is 8.55. The Labute approximate surface area is 278 Å². The highest BCUT2D eigenvalue weighted by Gasteiger charge is 2.11. The van der Waals surface area contributed by atoms with Gasteiger partial charge in [-0.1, -0.05) is 58.2 Å².